The van der Waals surface area contributed by atoms with E-state index in [1.165, 1.54) is 21.5 Å². The lowest BCUT2D eigenvalue weighted by Crippen LogP contribution is -1.97. The molecule has 0 atom stereocenters. The summed E-state index contributed by atoms with van der Waals surface area (Å²) in [6.07, 6.45) is 0. The van der Waals surface area contributed by atoms with E-state index in [4.69, 9.17) is 14.4 Å². The topological polar surface area (TPSA) is 38.9 Å². The zero-order chi connectivity index (χ0) is 29.5. The van der Waals surface area contributed by atoms with Crippen LogP contribution in [0.5, 0.6) is 0 Å². The summed E-state index contributed by atoms with van der Waals surface area (Å²) in [5.74, 6) is 0.688. The summed E-state index contributed by atoms with van der Waals surface area (Å²) in [5, 5.41) is 12.5. The molecule has 0 radical (unpaired) electrons. The van der Waals surface area contributed by atoms with Gasteiger partial charge in [0.1, 0.15) is 11.2 Å². The van der Waals surface area contributed by atoms with Crippen LogP contribution in [0.25, 0.3) is 98.6 Å². The van der Waals surface area contributed by atoms with Gasteiger partial charge in [-0.15, -0.1) is 0 Å². The molecule has 0 unspecified atom stereocenters. The second-order valence-corrected chi connectivity index (χ2v) is 11.7. The smallest absolute Gasteiger partial charge is 0.161 e. The van der Waals surface area contributed by atoms with Gasteiger partial charge in [0.2, 0.25) is 0 Å². The van der Waals surface area contributed by atoms with Gasteiger partial charge in [-0.1, -0.05) is 127 Å². The molecule has 8 aromatic carbocycles. The molecule has 3 heteroatoms. The van der Waals surface area contributed by atoms with Gasteiger partial charge in [0.05, 0.1) is 11.2 Å². The van der Waals surface area contributed by atoms with Crippen LogP contribution in [0.2, 0.25) is 0 Å². The van der Waals surface area contributed by atoms with Crippen molar-refractivity contribution in [3.05, 3.63) is 146 Å². The van der Waals surface area contributed by atoms with E-state index in [1.54, 1.807) is 0 Å². The molecule has 0 saturated carbocycles. The maximum atomic E-state index is 6.80. The highest BCUT2D eigenvalue weighted by molar-refractivity contribution is 6.34. The molecule has 0 saturated heterocycles. The zero-order valence-electron chi connectivity index (χ0n) is 24.2. The predicted molar refractivity (Wildman–Crippen MR) is 188 cm³/mol. The van der Waals surface area contributed by atoms with Crippen molar-refractivity contribution in [3.63, 3.8) is 0 Å². The van der Waals surface area contributed by atoms with Crippen LogP contribution in [-0.2, 0) is 0 Å². The summed E-state index contributed by atoms with van der Waals surface area (Å²) < 4.78 is 6.80. The number of nitrogens with zero attached hydrogens (tertiary/aromatic N) is 2. The van der Waals surface area contributed by atoms with Crippen molar-refractivity contribution in [1.29, 1.82) is 0 Å². The van der Waals surface area contributed by atoms with Crippen molar-refractivity contribution >= 4 is 75.9 Å². The summed E-state index contributed by atoms with van der Waals surface area (Å²) in [5.41, 5.74) is 5.62. The predicted octanol–water partition coefficient (Wildman–Crippen LogP) is 11.5. The third-order valence-corrected chi connectivity index (χ3v) is 9.23. The van der Waals surface area contributed by atoms with E-state index in [0.29, 0.717) is 5.82 Å². The molecule has 2 heterocycles. The normalized spacial score (nSPS) is 12.0. The van der Waals surface area contributed by atoms with Gasteiger partial charge in [0.25, 0.3) is 0 Å². The largest absolute Gasteiger partial charge is 0.455 e. The fraction of sp³-hybridized carbons (Fsp3) is 0. The molecule has 2 aromatic heterocycles. The number of benzene rings is 8. The SMILES string of the molecule is c1ccc(-c2nc(-c3cc4c5ccccc5c5ccccc5c4c4oc5ccccc5c34)nc3c2ccc2ccccc23)cc1. The Kier molecular flexibility index (Phi) is 5.00. The number of rotatable bonds is 2. The first kappa shape index (κ1) is 24.4. The Balaban J connectivity index is 1.45. The van der Waals surface area contributed by atoms with Gasteiger partial charge in [-0.2, -0.15) is 0 Å². The number of aromatic nitrogens is 2. The molecule has 10 aromatic rings. The first-order chi connectivity index (χ1) is 22.3. The van der Waals surface area contributed by atoms with Gasteiger partial charge in [0.15, 0.2) is 5.82 Å². The Hall–Kier alpha value is -6.06. The average molecular weight is 573 g/mol. The Morgan fingerprint density at radius 1 is 0.422 bits per heavy atom. The minimum Gasteiger partial charge on any atom is -0.455 e. The van der Waals surface area contributed by atoms with Gasteiger partial charge in [-0.3, -0.25) is 0 Å². The fourth-order valence-corrected chi connectivity index (χ4v) is 7.25. The number of hydrogen-bond donors (Lipinski definition) is 0. The van der Waals surface area contributed by atoms with E-state index in [2.05, 4.69) is 133 Å². The standard InChI is InChI=1S/C42H24N2O/c1-2-13-26(14-3-1)39-33-23-22-25-12-4-5-15-27(25)40(33)44-42(43-39)35-24-34-30-18-7-6-16-28(30)29-17-8-9-19-31(29)37(34)41-38(35)32-20-10-11-21-36(32)45-41/h1-24H. The van der Waals surface area contributed by atoms with Crippen LogP contribution in [0.3, 0.4) is 0 Å². The molecule has 0 bridgehead atoms. The van der Waals surface area contributed by atoms with E-state index in [-0.39, 0.29) is 0 Å². The molecule has 0 aliphatic carbocycles. The van der Waals surface area contributed by atoms with Crippen molar-refractivity contribution in [2.45, 2.75) is 0 Å². The molecule has 0 fully saturated rings. The van der Waals surface area contributed by atoms with Crippen molar-refractivity contribution in [1.82, 2.24) is 9.97 Å². The third-order valence-electron chi connectivity index (χ3n) is 9.23. The summed E-state index contributed by atoms with van der Waals surface area (Å²) in [6, 6.07) is 51.2. The second-order valence-electron chi connectivity index (χ2n) is 11.7. The van der Waals surface area contributed by atoms with Crippen molar-refractivity contribution in [2.75, 3.05) is 0 Å². The Bertz CT molecular complexity index is 2810. The monoisotopic (exact) mass is 572 g/mol. The van der Waals surface area contributed by atoms with Crippen molar-refractivity contribution < 1.29 is 4.42 Å². The molecule has 3 nitrogen and oxygen atoms in total. The van der Waals surface area contributed by atoms with Crippen LogP contribution in [-0.4, -0.2) is 9.97 Å². The highest BCUT2D eigenvalue weighted by atomic mass is 16.3. The summed E-state index contributed by atoms with van der Waals surface area (Å²) >= 11 is 0. The lowest BCUT2D eigenvalue weighted by atomic mass is 9.91. The van der Waals surface area contributed by atoms with Crippen LogP contribution in [0.4, 0.5) is 0 Å². The maximum Gasteiger partial charge on any atom is 0.161 e. The quantitative estimate of drug-likeness (QED) is 0.193. The van der Waals surface area contributed by atoms with E-state index >= 15 is 0 Å². The lowest BCUT2D eigenvalue weighted by Gasteiger charge is -2.15. The van der Waals surface area contributed by atoms with Crippen LogP contribution in [0, 0.1) is 0 Å². The Labute approximate surface area is 258 Å². The van der Waals surface area contributed by atoms with Crippen LogP contribution < -0.4 is 0 Å². The lowest BCUT2D eigenvalue weighted by molar-refractivity contribution is 0.673. The van der Waals surface area contributed by atoms with Crippen molar-refractivity contribution in [3.8, 4) is 22.6 Å². The summed E-state index contributed by atoms with van der Waals surface area (Å²) in [6.45, 7) is 0. The number of para-hydroxylation sites is 1. The number of furan rings is 1. The molecule has 0 spiro atoms. The molecular formula is C42H24N2O. The highest BCUT2D eigenvalue weighted by Gasteiger charge is 2.22. The van der Waals surface area contributed by atoms with Gasteiger partial charge < -0.3 is 4.42 Å². The molecule has 0 aliphatic rings. The minimum atomic E-state index is 0.688. The van der Waals surface area contributed by atoms with E-state index in [0.717, 1.165) is 71.2 Å². The first-order valence-electron chi connectivity index (χ1n) is 15.3. The minimum absolute atomic E-state index is 0.688. The Morgan fingerprint density at radius 2 is 1.04 bits per heavy atom. The molecule has 10 rings (SSSR count). The Morgan fingerprint density at radius 3 is 1.84 bits per heavy atom. The maximum absolute atomic E-state index is 6.80. The third kappa shape index (κ3) is 3.46. The van der Waals surface area contributed by atoms with E-state index < -0.39 is 0 Å². The van der Waals surface area contributed by atoms with E-state index in [1.807, 2.05) is 12.1 Å². The van der Waals surface area contributed by atoms with Gasteiger partial charge in [-0.05, 0) is 50.5 Å². The molecule has 0 aliphatic heterocycles. The van der Waals surface area contributed by atoms with Crippen LogP contribution in [0.1, 0.15) is 0 Å². The highest BCUT2D eigenvalue weighted by Crippen LogP contribution is 2.46. The van der Waals surface area contributed by atoms with Gasteiger partial charge in [-0.25, -0.2) is 9.97 Å². The fourth-order valence-electron chi connectivity index (χ4n) is 7.25. The second kappa shape index (κ2) is 9.22. The summed E-state index contributed by atoms with van der Waals surface area (Å²) in [7, 11) is 0. The van der Waals surface area contributed by atoms with Crippen LogP contribution >= 0.6 is 0 Å². The van der Waals surface area contributed by atoms with Crippen LogP contribution in [0.15, 0.2) is 150 Å². The molecule has 0 N–H and O–H groups in total. The zero-order valence-corrected chi connectivity index (χ0v) is 24.2. The van der Waals surface area contributed by atoms with E-state index in [9.17, 15) is 0 Å². The number of fused-ring (bicyclic) bond motifs is 13. The first-order valence-corrected chi connectivity index (χ1v) is 15.3. The van der Waals surface area contributed by atoms with Crippen molar-refractivity contribution in [2.24, 2.45) is 0 Å². The average Bonchev–Trinajstić information content (AvgIpc) is 3.51. The summed E-state index contributed by atoms with van der Waals surface area (Å²) in [4.78, 5) is 10.8. The molecular weight excluding hydrogens is 548 g/mol. The number of hydrogen-bond acceptors (Lipinski definition) is 3. The van der Waals surface area contributed by atoms with Gasteiger partial charge >= 0.3 is 0 Å². The molecule has 45 heavy (non-hydrogen) atoms. The molecule has 0 amide bonds. The van der Waals surface area contributed by atoms with Gasteiger partial charge in [0, 0.05) is 38.1 Å². The molecule has 208 valence electrons.